The minimum Gasteiger partial charge on any atom is -0.496 e. The van der Waals surface area contributed by atoms with Gasteiger partial charge in [0.25, 0.3) is 0 Å². The lowest BCUT2D eigenvalue weighted by Gasteiger charge is -2.21. The van der Waals surface area contributed by atoms with Crippen LogP contribution in [0.3, 0.4) is 0 Å². The third-order valence-corrected chi connectivity index (χ3v) is 4.22. The summed E-state index contributed by atoms with van der Waals surface area (Å²) in [5.74, 6) is 0.788. The summed E-state index contributed by atoms with van der Waals surface area (Å²) in [6, 6.07) is 11.3. The van der Waals surface area contributed by atoms with Crippen molar-refractivity contribution in [3.63, 3.8) is 0 Å². The second-order valence-electron chi connectivity index (χ2n) is 4.27. The van der Waals surface area contributed by atoms with Gasteiger partial charge < -0.3 is 10.1 Å². The van der Waals surface area contributed by atoms with Gasteiger partial charge in [-0.1, -0.05) is 45.2 Å². The molecule has 0 radical (unpaired) electrons. The Balaban J connectivity index is 2.54. The van der Waals surface area contributed by atoms with Gasteiger partial charge in [0.05, 0.1) is 13.2 Å². The maximum Gasteiger partial charge on any atom is 0.124 e. The SMILES string of the molecule is CNC(c1ccc(Cl)cc1Br)c1cc(Cl)ccc1OC. The molecule has 0 amide bonds. The van der Waals surface area contributed by atoms with Crippen molar-refractivity contribution >= 4 is 39.1 Å². The second kappa shape index (κ2) is 6.81. The predicted octanol–water partition coefficient (Wildman–Crippen LogP) is 5.07. The van der Waals surface area contributed by atoms with Gasteiger partial charge >= 0.3 is 0 Å². The van der Waals surface area contributed by atoms with E-state index in [-0.39, 0.29) is 6.04 Å². The summed E-state index contributed by atoms with van der Waals surface area (Å²) in [5, 5.41) is 4.65. The molecule has 106 valence electrons. The molecule has 1 N–H and O–H groups in total. The fourth-order valence-electron chi connectivity index (χ4n) is 2.14. The number of nitrogens with one attached hydrogen (secondary N) is 1. The molecule has 0 aliphatic carbocycles. The van der Waals surface area contributed by atoms with E-state index in [2.05, 4.69) is 21.2 Å². The van der Waals surface area contributed by atoms with Crippen molar-refractivity contribution in [2.24, 2.45) is 0 Å². The van der Waals surface area contributed by atoms with Crippen LogP contribution in [0.25, 0.3) is 0 Å². The molecule has 0 saturated heterocycles. The molecule has 0 heterocycles. The van der Waals surface area contributed by atoms with Gasteiger partial charge in [0.15, 0.2) is 0 Å². The van der Waals surface area contributed by atoms with Crippen molar-refractivity contribution in [3.05, 3.63) is 62.0 Å². The van der Waals surface area contributed by atoms with E-state index in [0.717, 1.165) is 21.3 Å². The largest absolute Gasteiger partial charge is 0.496 e. The molecule has 0 saturated carbocycles. The Morgan fingerprint density at radius 1 is 1.05 bits per heavy atom. The van der Waals surface area contributed by atoms with Gasteiger partial charge in [-0.25, -0.2) is 0 Å². The first-order chi connectivity index (χ1) is 9.56. The lowest BCUT2D eigenvalue weighted by atomic mass is 9.98. The van der Waals surface area contributed by atoms with Gasteiger partial charge in [-0.3, -0.25) is 0 Å². The Hall–Kier alpha value is -0.740. The predicted molar refractivity (Wildman–Crippen MR) is 88.1 cm³/mol. The summed E-state index contributed by atoms with van der Waals surface area (Å²) >= 11 is 15.7. The Bertz CT molecular complexity index is 619. The smallest absolute Gasteiger partial charge is 0.124 e. The molecular formula is C15H14BrCl2NO. The first-order valence-electron chi connectivity index (χ1n) is 6.02. The van der Waals surface area contributed by atoms with Crippen molar-refractivity contribution in [2.75, 3.05) is 14.2 Å². The van der Waals surface area contributed by atoms with E-state index in [9.17, 15) is 0 Å². The van der Waals surface area contributed by atoms with Crippen LogP contribution in [0.15, 0.2) is 40.9 Å². The zero-order valence-corrected chi connectivity index (χ0v) is 14.2. The van der Waals surface area contributed by atoms with Crippen LogP contribution in [0.4, 0.5) is 0 Å². The summed E-state index contributed by atoms with van der Waals surface area (Å²) < 4.78 is 6.36. The first-order valence-corrected chi connectivity index (χ1v) is 7.57. The Kier molecular flexibility index (Phi) is 5.33. The van der Waals surface area contributed by atoms with E-state index in [4.69, 9.17) is 27.9 Å². The highest BCUT2D eigenvalue weighted by molar-refractivity contribution is 9.10. The minimum absolute atomic E-state index is 0.0460. The summed E-state index contributed by atoms with van der Waals surface area (Å²) in [5.41, 5.74) is 2.04. The zero-order valence-electron chi connectivity index (χ0n) is 11.1. The number of rotatable bonds is 4. The quantitative estimate of drug-likeness (QED) is 0.806. The highest BCUT2D eigenvalue weighted by atomic mass is 79.9. The molecule has 1 atom stereocenters. The number of benzene rings is 2. The third kappa shape index (κ3) is 3.29. The molecule has 0 bridgehead atoms. The van der Waals surface area contributed by atoms with Gasteiger partial charge in [0.1, 0.15) is 5.75 Å². The summed E-state index contributed by atoms with van der Waals surface area (Å²) in [6.07, 6.45) is 0. The molecule has 0 aromatic heterocycles. The van der Waals surface area contributed by atoms with Gasteiger partial charge in [0, 0.05) is 20.1 Å². The van der Waals surface area contributed by atoms with Gasteiger partial charge in [-0.15, -0.1) is 0 Å². The molecule has 20 heavy (non-hydrogen) atoms. The maximum absolute atomic E-state index is 6.11. The maximum atomic E-state index is 6.11. The lowest BCUT2D eigenvalue weighted by Crippen LogP contribution is -2.19. The lowest BCUT2D eigenvalue weighted by molar-refractivity contribution is 0.405. The molecule has 0 fully saturated rings. The minimum atomic E-state index is -0.0460. The highest BCUT2D eigenvalue weighted by Gasteiger charge is 2.19. The Morgan fingerprint density at radius 2 is 1.70 bits per heavy atom. The monoisotopic (exact) mass is 373 g/mol. The van der Waals surface area contributed by atoms with Gasteiger partial charge in [0.2, 0.25) is 0 Å². The molecular weight excluding hydrogens is 361 g/mol. The Morgan fingerprint density at radius 3 is 2.30 bits per heavy atom. The highest BCUT2D eigenvalue weighted by Crippen LogP contribution is 2.36. The van der Waals surface area contributed by atoms with E-state index in [1.54, 1.807) is 7.11 Å². The van der Waals surface area contributed by atoms with Crippen molar-refractivity contribution in [2.45, 2.75) is 6.04 Å². The molecule has 5 heteroatoms. The number of methoxy groups -OCH3 is 1. The van der Waals surface area contributed by atoms with Crippen LogP contribution < -0.4 is 10.1 Å². The second-order valence-corrected chi connectivity index (χ2v) is 6.00. The van der Waals surface area contributed by atoms with Crippen LogP contribution in [0.5, 0.6) is 5.75 Å². The van der Waals surface area contributed by atoms with Gasteiger partial charge in [-0.05, 0) is 42.9 Å². The average molecular weight is 375 g/mol. The fraction of sp³-hybridized carbons (Fsp3) is 0.200. The summed E-state index contributed by atoms with van der Waals surface area (Å²) in [6.45, 7) is 0. The van der Waals surface area contributed by atoms with E-state index in [0.29, 0.717) is 10.0 Å². The van der Waals surface area contributed by atoms with Crippen molar-refractivity contribution in [3.8, 4) is 5.75 Å². The van der Waals surface area contributed by atoms with Gasteiger partial charge in [-0.2, -0.15) is 0 Å². The summed E-state index contributed by atoms with van der Waals surface area (Å²) in [4.78, 5) is 0. The molecule has 0 aliphatic rings. The van der Waals surface area contributed by atoms with Crippen LogP contribution in [0.1, 0.15) is 17.2 Å². The zero-order chi connectivity index (χ0) is 14.7. The van der Waals surface area contributed by atoms with Crippen LogP contribution in [0, 0.1) is 0 Å². The van der Waals surface area contributed by atoms with Crippen molar-refractivity contribution in [1.29, 1.82) is 0 Å². The van der Waals surface area contributed by atoms with Crippen LogP contribution >= 0.6 is 39.1 Å². The van der Waals surface area contributed by atoms with Crippen LogP contribution in [-0.4, -0.2) is 14.2 Å². The average Bonchev–Trinajstić information content (AvgIpc) is 2.42. The number of hydrogen-bond acceptors (Lipinski definition) is 2. The Labute approximate surface area is 137 Å². The van der Waals surface area contributed by atoms with Crippen LogP contribution in [-0.2, 0) is 0 Å². The summed E-state index contributed by atoms with van der Waals surface area (Å²) in [7, 11) is 3.54. The molecule has 2 aromatic rings. The number of halogens is 3. The molecule has 0 aliphatic heterocycles. The molecule has 2 rings (SSSR count). The number of hydrogen-bond donors (Lipinski definition) is 1. The normalized spacial score (nSPS) is 12.2. The van der Waals surface area contributed by atoms with E-state index >= 15 is 0 Å². The first kappa shape index (κ1) is 15.6. The van der Waals surface area contributed by atoms with E-state index in [1.165, 1.54) is 0 Å². The standard InChI is InChI=1S/C15H14BrCl2NO/c1-19-15(11-5-3-10(18)8-13(11)16)12-7-9(17)4-6-14(12)20-2/h3-8,15,19H,1-2H3. The van der Waals surface area contributed by atoms with E-state index < -0.39 is 0 Å². The van der Waals surface area contributed by atoms with Crippen LogP contribution in [0.2, 0.25) is 10.0 Å². The molecule has 0 spiro atoms. The molecule has 2 nitrogen and oxygen atoms in total. The molecule has 2 aromatic carbocycles. The molecule has 1 unspecified atom stereocenters. The number of ether oxygens (including phenoxy) is 1. The van der Waals surface area contributed by atoms with Crippen molar-refractivity contribution in [1.82, 2.24) is 5.32 Å². The van der Waals surface area contributed by atoms with E-state index in [1.807, 2.05) is 43.4 Å². The fourth-order valence-corrected chi connectivity index (χ4v) is 3.24. The third-order valence-electron chi connectivity index (χ3n) is 3.06. The van der Waals surface area contributed by atoms with Crippen molar-refractivity contribution < 1.29 is 4.74 Å². The topological polar surface area (TPSA) is 21.3 Å².